The summed E-state index contributed by atoms with van der Waals surface area (Å²) in [6.07, 6.45) is 2.51. The zero-order valence-electron chi connectivity index (χ0n) is 19.5. The van der Waals surface area contributed by atoms with E-state index in [0.29, 0.717) is 31.1 Å². The molecule has 0 radical (unpaired) electrons. The number of nitrogens with zero attached hydrogens (tertiary/aromatic N) is 3. The summed E-state index contributed by atoms with van der Waals surface area (Å²) in [5.41, 5.74) is 2.66. The molecule has 1 saturated heterocycles. The molecular formula is C26H31N3O4. The minimum atomic E-state index is 0.0725. The van der Waals surface area contributed by atoms with E-state index in [2.05, 4.69) is 0 Å². The Balaban J connectivity index is 1.71. The highest BCUT2D eigenvalue weighted by Crippen LogP contribution is 2.35. The molecule has 0 unspecified atom stereocenters. The van der Waals surface area contributed by atoms with Gasteiger partial charge >= 0.3 is 0 Å². The van der Waals surface area contributed by atoms with Crippen LogP contribution in [0.1, 0.15) is 31.7 Å². The molecule has 1 fully saturated rings. The van der Waals surface area contributed by atoms with E-state index in [0.717, 1.165) is 42.0 Å². The molecule has 2 heterocycles. The maximum absolute atomic E-state index is 12.9. The second-order valence-corrected chi connectivity index (χ2v) is 8.16. The van der Waals surface area contributed by atoms with Crippen molar-refractivity contribution in [1.29, 1.82) is 0 Å². The Kier molecular flexibility index (Phi) is 7.29. The van der Waals surface area contributed by atoms with Gasteiger partial charge in [0.05, 0.1) is 25.3 Å². The van der Waals surface area contributed by atoms with Crippen molar-refractivity contribution in [2.24, 2.45) is 7.05 Å². The summed E-state index contributed by atoms with van der Waals surface area (Å²) >= 11 is 0. The van der Waals surface area contributed by atoms with E-state index in [9.17, 15) is 4.79 Å². The monoisotopic (exact) mass is 449 g/mol. The van der Waals surface area contributed by atoms with E-state index < -0.39 is 0 Å². The van der Waals surface area contributed by atoms with Gasteiger partial charge in [-0.1, -0.05) is 37.3 Å². The molecule has 7 nitrogen and oxygen atoms in total. The van der Waals surface area contributed by atoms with Crippen molar-refractivity contribution in [3.05, 3.63) is 60.2 Å². The summed E-state index contributed by atoms with van der Waals surface area (Å²) in [5, 5.41) is 4.78. The maximum Gasteiger partial charge on any atom is 0.223 e. The number of aromatic nitrogens is 2. The molecule has 7 heteroatoms. The van der Waals surface area contributed by atoms with Crippen molar-refractivity contribution in [2.45, 2.75) is 38.8 Å². The van der Waals surface area contributed by atoms with Crippen LogP contribution >= 0.6 is 0 Å². The summed E-state index contributed by atoms with van der Waals surface area (Å²) in [6, 6.07) is 17.4. The minimum absolute atomic E-state index is 0.0725. The van der Waals surface area contributed by atoms with Gasteiger partial charge in [0.25, 0.3) is 0 Å². The fourth-order valence-corrected chi connectivity index (χ4v) is 4.11. The van der Waals surface area contributed by atoms with Gasteiger partial charge in [-0.05, 0) is 37.1 Å². The molecule has 0 saturated carbocycles. The van der Waals surface area contributed by atoms with Crippen LogP contribution in [0, 0.1) is 0 Å². The van der Waals surface area contributed by atoms with E-state index in [-0.39, 0.29) is 12.0 Å². The zero-order valence-corrected chi connectivity index (χ0v) is 19.5. The van der Waals surface area contributed by atoms with Gasteiger partial charge in [-0.25, -0.2) is 4.68 Å². The van der Waals surface area contributed by atoms with Crippen LogP contribution in [0.15, 0.2) is 54.6 Å². The van der Waals surface area contributed by atoms with Gasteiger partial charge in [0, 0.05) is 32.2 Å². The van der Waals surface area contributed by atoms with Crippen LogP contribution in [-0.4, -0.2) is 47.0 Å². The molecule has 33 heavy (non-hydrogen) atoms. The third kappa shape index (κ3) is 5.37. The molecule has 3 aromatic rings. The van der Waals surface area contributed by atoms with Crippen molar-refractivity contribution in [1.82, 2.24) is 14.7 Å². The summed E-state index contributed by atoms with van der Waals surface area (Å²) in [5.74, 6) is 2.13. The SMILES string of the molecule is CCC(=O)N(Cc1c(-c2ccccc2)nn(C)c1Oc1ccc(OC)cc1)C[C@H]1CCCO1. The molecule has 1 aliphatic rings. The Morgan fingerprint density at radius 3 is 2.52 bits per heavy atom. The first-order valence-corrected chi connectivity index (χ1v) is 11.4. The highest BCUT2D eigenvalue weighted by Gasteiger charge is 2.27. The quantitative estimate of drug-likeness (QED) is 0.469. The number of rotatable bonds is 9. The molecule has 2 aromatic carbocycles. The van der Waals surface area contributed by atoms with Gasteiger partial charge in [-0.3, -0.25) is 4.79 Å². The van der Waals surface area contributed by atoms with Crippen LogP contribution in [0.25, 0.3) is 11.3 Å². The fourth-order valence-electron chi connectivity index (χ4n) is 4.11. The molecule has 1 atom stereocenters. The number of benzene rings is 2. The first-order valence-electron chi connectivity index (χ1n) is 11.4. The van der Waals surface area contributed by atoms with E-state index in [1.165, 1.54) is 0 Å². The van der Waals surface area contributed by atoms with Gasteiger partial charge < -0.3 is 19.1 Å². The van der Waals surface area contributed by atoms with Crippen LogP contribution < -0.4 is 9.47 Å². The first-order chi connectivity index (χ1) is 16.1. The van der Waals surface area contributed by atoms with Gasteiger partial charge in [0.15, 0.2) is 0 Å². The van der Waals surface area contributed by atoms with Crippen LogP contribution in [-0.2, 0) is 23.1 Å². The number of ether oxygens (including phenoxy) is 3. The molecule has 0 aliphatic carbocycles. The second-order valence-electron chi connectivity index (χ2n) is 8.16. The van der Waals surface area contributed by atoms with Crippen LogP contribution in [0.2, 0.25) is 0 Å². The Labute approximate surface area is 194 Å². The molecule has 0 N–H and O–H groups in total. The molecule has 1 aromatic heterocycles. The molecule has 0 spiro atoms. The third-order valence-corrected chi connectivity index (χ3v) is 5.86. The predicted molar refractivity (Wildman–Crippen MR) is 126 cm³/mol. The van der Waals surface area contributed by atoms with E-state index in [1.807, 2.05) is 73.5 Å². The lowest BCUT2D eigenvalue weighted by Crippen LogP contribution is -2.36. The average molecular weight is 450 g/mol. The number of carbonyl (C=O) groups is 1. The van der Waals surface area contributed by atoms with Crippen molar-refractivity contribution < 1.29 is 19.0 Å². The standard InChI is InChI=1S/C26H31N3O4/c1-4-24(30)29(17-22-11-8-16-32-22)18-23-25(19-9-6-5-7-10-19)27-28(2)26(23)33-21-14-12-20(31-3)13-15-21/h5-7,9-10,12-15,22H,4,8,11,16-18H2,1-3H3/t22-/m1/s1. The lowest BCUT2D eigenvalue weighted by Gasteiger charge is -2.25. The van der Waals surface area contributed by atoms with Gasteiger partial charge in [0.1, 0.15) is 17.2 Å². The lowest BCUT2D eigenvalue weighted by molar-refractivity contribution is -0.133. The van der Waals surface area contributed by atoms with Gasteiger partial charge in [-0.15, -0.1) is 0 Å². The molecule has 174 valence electrons. The number of amides is 1. The number of hydrogen-bond donors (Lipinski definition) is 0. The van der Waals surface area contributed by atoms with Gasteiger partial charge in [0.2, 0.25) is 11.8 Å². The maximum atomic E-state index is 12.9. The Morgan fingerprint density at radius 2 is 1.88 bits per heavy atom. The summed E-state index contributed by atoms with van der Waals surface area (Å²) < 4.78 is 19.1. The van der Waals surface area contributed by atoms with Crippen molar-refractivity contribution in [3.8, 4) is 28.6 Å². The fraction of sp³-hybridized carbons (Fsp3) is 0.385. The average Bonchev–Trinajstić information content (AvgIpc) is 3.47. The molecule has 1 aliphatic heterocycles. The van der Waals surface area contributed by atoms with Crippen LogP contribution in [0.3, 0.4) is 0 Å². The number of aryl methyl sites for hydroxylation is 1. The second kappa shape index (κ2) is 10.5. The number of methoxy groups -OCH3 is 1. The van der Waals surface area contributed by atoms with Crippen molar-refractivity contribution >= 4 is 5.91 Å². The lowest BCUT2D eigenvalue weighted by atomic mass is 10.1. The smallest absolute Gasteiger partial charge is 0.223 e. The van der Waals surface area contributed by atoms with Crippen LogP contribution in [0.4, 0.5) is 0 Å². The summed E-state index contributed by atoms with van der Waals surface area (Å²) in [6.45, 7) is 3.61. The summed E-state index contributed by atoms with van der Waals surface area (Å²) in [4.78, 5) is 14.8. The number of carbonyl (C=O) groups excluding carboxylic acids is 1. The minimum Gasteiger partial charge on any atom is -0.497 e. The topological polar surface area (TPSA) is 65.8 Å². The molecule has 4 rings (SSSR count). The third-order valence-electron chi connectivity index (χ3n) is 5.86. The Bertz CT molecular complexity index is 1060. The molecule has 1 amide bonds. The Morgan fingerprint density at radius 1 is 1.15 bits per heavy atom. The highest BCUT2D eigenvalue weighted by molar-refractivity contribution is 5.76. The van der Waals surface area contributed by atoms with Gasteiger partial charge in [-0.2, -0.15) is 5.10 Å². The first kappa shape index (κ1) is 22.9. The molecule has 0 bridgehead atoms. The normalized spacial score (nSPS) is 15.4. The van der Waals surface area contributed by atoms with Crippen molar-refractivity contribution in [2.75, 3.05) is 20.3 Å². The van der Waals surface area contributed by atoms with E-state index in [4.69, 9.17) is 19.3 Å². The Hall–Kier alpha value is -3.32. The highest BCUT2D eigenvalue weighted by atomic mass is 16.5. The predicted octanol–water partition coefficient (Wildman–Crippen LogP) is 4.81. The molecular weight excluding hydrogens is 418 g/mol. The summed E-state index contributed by atoms with van der Waals surface area (Å²) in [7, 11) is 3.50. The number of hydrogen-bond acceptors (Lipinski definition) is 5. The van der Waals surface area contributed by atoms with E-state index >= 15 is 0 Å². The van der Waals surface area contributed by atoms with Crippen molar-refractivity contribution in [3.63, 3.8) is 0 Å². The zero-order chi connectivity index (χ0) is 23.2. The van der Waals surface area contributed by atoms with E-state index in [1.54, 1.807) is 11.8 Å². The van der Waals surface area contributed by atoms with Crippen LogP contribution in [0.5, 0.6) is 17.4 Å². The largest absolute Gasteiger partial charge is 0.497 e.